The maximum atomic E-state index is 13.6. The summed E-state index contributed by atoms with van der Waals surface area (Å²) in [5.74, 6) is 0.757. The van der Waals surface area contributed by atoms with Gasteiger partial charge in [0.05, 0.1) is 17.3 Å². The summed E-state index contributed by atoms with van der Waals surface area (Å²) >= 11 is 6.36. The predicted octanol–water partition coefficient (Wildman–Crippen LogP) is 4.71. The number of rotatable bonds is 9. The highest BCUT2D eigenvalue weighted by Crippen LogP contribution is 2.38. The maximum Gasteiger partial charge on any atom is 0.266 e. The average molecular weight is 595 g/mol. The Kier molecular flexibility index (Phi) is 8.10. The molecule has 1 amide bonds. The van der Waals surface area contributed by atoms with Crippen molar-refractivity contribution in [1.29, 1.82) is 0 Å². The van der Waals surface area contributed by atoms with Crippen LogP contribution in [0.15, 0.2) is 49.2 Å². The van der Waals surface area contributed by atoms with Crippen LogP contribution in [0.2, 0.25) is 23.2 Å². The van der Waals surface area contributed by atoms with Crippen LogP contribution >= 0.6 is 11.6 Å². The Morgan fingerprint density at radius 2 is 2.00 bits per heavy atom. The SMILES string of the molecule is Cc1ccc(NC(=O)[C@H](CC2NCC2O[Si](C)(C)C(C)(C)C)Oc2ncnc3c2cnn3-c2ncccc2Cl)nc1. The first-order valence-corrected chi connectivity index (χ1v) is 16.8. The van der Waals surface area contributed by atoms with Crippen LogP contribution in [0, 0.1) is 6.92 Å². The Bertz CT molecular complexity index is 1540. The molecule has 1 fully saturated rings. The zero-order valence-corrected chi connectivity index (χ0v) is 25.8. The molecule has 0 spiro atoms. The Hall–Kier alpha value is -3.45. The number of pyridine rings is 2. The smallest absolute Gasteiger partial charge is 0.266 e. The van der Waals surface area contributed by atoms with Gasteiger partial charge < -0.3 is 19.8 Å². The normalized spacial score (nSPS) is 18.1. The van der Waals surface area contributed by atoms with Crippen molar-refractivity contribution in [2.45, 2.75) is 70.5 Å². The minimum Gasteiger partial charge on any atom is -0.464 e. The van der Waals surface area contributed by atoms with E-state index < -0.39 is 14.4 Å². The first-order chi connectivity index (χ1) is 19.4. The molecule has 1 aliphatic rings. The van der Waals surface area contributed by atoms with Crippen molar-refractivity contribution in [3.63, 3.8) is 0 Å². The quantitative estimate of drug-likeness (QED) is 0.265. The molecule has 3 atom stereocenters. The number of nitrogens with zero attached hydrogens (tertiary/aromatic N) is 6. The third-order valence-electron chi connectivity index (χ3n) is 7.73. The molecule has 41 heavy (non-hydrogen) atoms. The van der Waals surface area contributed by atoms with Crippen LogP contribution < -0.4 is 15.4 Å². The number of aryl methyl sites for hydroxylation is 1. The highest BCUT2D eigenvalue weighted by atomic mass is 35.5. The second-order valence-corrected chi connectivity index (χ2v) is 16.9. The molecule has 2 N–H and O–H groups in total. The van der Waals surface area contributed by atoms with Crippen molar-refractivity contribution in [3.8, 4) is 11.7 Å². The third-order valence-corrected chi connectivity index (χ3v) is 12.5. The largest absolute Gasteiger partial charge is 0.464 e. The molecule has 216 valence electrons. The van der Waals surface area contributed by atoms with E-state index in [1.807, 2.05) is 13.0 Å². The number of halogens is 1. The predicted molar refractivity (Wildman–Crippen MR) is 160 cm³/mol. The molecule has 1 saturated heterocycles. The van der Waals surface area contributed by atoms with Crippen LogP contribution in [0.3, 0.4) is 0 Å². The number of aromatic nitrogens is 6. The van der Waals surface area contributed by atoms with Gasteiger partial charge in [-0.3, -0.25) is 4.79 Å². The summed E-state index contributed by atoms with van der Waals surface area (Å²) in [7, 11) is -2.01. The van der Waals surface area contributed by atoms with E-state index in [0.717, 1.165) is 12.1 Å². The van der Waals surface area contributed by atoms with Crippen molar-refractivity contribution in [2.24, 2.45) is 0 Å². The molecule has 0 radical (unpaired) electrons. The number of amides is 1. The van der Waals surface area contributed by atoms with E-state index in [-0.39, 0.29) is 29.0 Å². The zero-order valence-electron chi connectivity index (χ0n) is 24.1. The Balaban J connectivity index is 1.42. The fraction of sp³-hybridized carbons (Fsp3) is 0.429. The molecule has 1 aliphatic heterocycles. The topological polar surface area (TPSA) is 129 Å². The summed E-state index contributed by atoms with van der Waals surface area (Å²) in [5.41, 5.74) is 1.45. The number of nitrogens with one attached hydrogen (secondary N) is 2. The lowest BCUT2D eigenvalue weighted by molar-refractivity contribution is -0.124. The summed E-state index contributed by atoms with van der Waals surface area (Å²) in [4.78, 5) is 31.0. The summed E-state index contributed by atoms with van der Waals surface area (Å²) in [5, 5.41) is 11.8. The molecule has 5 heterocycles. The minimum atomic E-state index is -2.01. The zero-order chi connectivity index (χ0) is 29.4. The molecular formula is C28H35ClN8O3Si. The number of carbonyl (C=O) groups excluding carboxylic acids is 1. The van der Waals surface area contributed by atoms with E-state index in [1.165, 1.54) is 11.0 Å². The second kappa shape index (κ2) is 11.4. The molecule has 5 rings (SSSR count). The minimum absolute atomic E-state index is 0.0215. The number of hydrogen-bond acceptors (Lipinski definition) is 9. The fourth-order valence-corrected chi connectivity index (χ4v) is 5.78. The Labute approximate surface area is 245 Å². The number of hydrogen-bond donors (Lipinski definition) is 2. The van der Waals surface area contributed by atoms with E-state index in [4.69, 9.17) is 20.8 Å². The number of anilines is 1. The molecule has 0 aromatic carbocycles. The van der Waals surface area contributed by atoms with Gasteiger partial charge in [-0.1, -0.05) is 38.4 Å². The van der Waals surface area contributed by atoms with E-state index >= 15 is 0 Å². The van der Waals surface area contributed by atoms with E-state index in [0.29, 0.717) is 34.1 Å². The van der Waals surface area contributed by atoms with Gasteiger partial charge in [-0.25, -0.2) is 19.9 Å². The molecule has 0 bridgehead atoms. The molecule has 13 heteroatoms. The number of ether oxygens (including phenoxy) is 1. The van der Waals surface area contributed by atoms with Crippen molar-refractivity contribution in [3.05, 3.63) is 59.8 Å². The molecule has 4 aromatic heterocycles. The van der Waals surface area contributed by atoms with Gasteiger partial charge in [0.1, 0.15) is 17.5 Å². The first-order valence-electron chi connectivity index (χ1n) is 13.5. The van der Waals surface area contributed by atoms with Crippen LogP contribution in [0.5, 0.6) is 5.88 Å². The van der Waals surface area contributed by atoms with Gasteiger partial charge in [-0.2, -0.15) is 9.78 Å². The molecule has 2 unspecified atom stereocenters. The number of carbonyl (C=O) groups is 1. The van der Waals surface area contributed by atoms with Gasteiger partial charge >= 0.3 is 0 Å². The lowest BCUT2D eigenvalue weighted by Crippen LogP contribution is -2.64. The summed E-state index contributed by atoms with van der Waals surface area (Å²) in [6.07, 6.45) is 5.72. The lowest BCUT2D eigenvalue weighted by atomic mass is 9.96. The van der Waals surface area contributed by atoms with Gasteiger partial charge in [-0.15, -0.1) is 0 Å². The van der Waals surface area contributed by atoms with Crippen LogP contribution in [0.1, 0.15) is 32.8 Å². The highest BCUT2D eigenvalue weighted by molar-refractivity contribution is 6.74. The first kappa shape index (κ1) is 29.1. The fourth-order valence-electron chi connectivity index (χ4n) is 4.22. The molecule has 0 aliphatic carbocycles. The highest BCUT2D eigenvalue weighted by Gasteiger charge is 2.44. The van der Waals surface area contributed by atoms with Crippen molar-refractivity contribution in [2.75, 3.05) is 11.9 Å². The number of fused-ring (bicyclic) bond motifs is 1. The molecule has 11 nitrogen and oxygen atoms in total. The standard InChI is InChI=1S/C28H35ClN8O3Si/c1-17-9-10-23(32-13-17)36-26(38)21(12-20-22(15-31-20)40-41(5,6)28(2,3)4)39-27-18-14-35-37(24(18)33-16-34-27)25-19(29)8-7-11-30-25/h7-11,13-14,16,20-22,31H,12,15H2,1-6H3,(H,32,36,38)/t20?,21-,22?/m0/s1. The van der Waals surface area contributed by atoms with Crippen LogP contribution in [-0.4, -0.2) is 68.7 Å². The van der Waals surface area contributed by atoms with E-state index in [9.17, 15) is 4.79 Å². The van der Waals surface area contributed by atoms with Crippen LogP contribution in [0.25, 0.3) is 16.9 Å². The van der Waals surface area contributed by atoms with Gasteiger partial charge in [0.2, 0.25) is 5.88 Å². The van der Waals surface area contributed by atoms with E-state index in [1.54, 1.807) is 36.8 Å². The second-order valence-electron chi connectivity index (χ2n) is 11.8. The van der Waals surface area contributed by atoms with Gasteiger partial charge in [0, 0.05) is 31.4 Å². The Morgan fingerprint density at radius 3 is 2.66 bits per heavy atom. The summed E-state index contributed by atoms with van der Waals surface area (Å²) in [6.45, 7) is 13.8. The third kappa shape index (κ3) is 6.25. The molecule has 4 aromatic rings. The molecule has 0 saturated carbocycles. The van der Waals surface area contributed by atoms with Gasteiger partial charge in [-0.05, 0) is 48.8 Å². The monoisotopic (exact) mass is 594 g/mol. The van der Waals surface area contributed by atoms with E-state index in [2.05, 4.69) is 69.5 Å². The maximum absolute atomic E-state index is 13.6. The lowest BCUT2D eigenvalue weighted by Gasteiger charge is -2.47. The van der Waals surface area contributed by atoms with Gasteiger partial charge in [0.15, 0.2) is 25.9 Å². The van der Waals surface area contributed by atoms with Crippen molar-refractivity contribution >= 4 is 42.7 Å². The average Bonchev–Trinajstić information content (AvgIpc) is 3.34. The summed E-state index contributed by atoms with van der Waals surface area (Å²) in [6, 6.07) is 7.05. The Morgan fingerprint density at radius 1 is 1.20 bits per heavy atom. The van der Waals surface area contributed by atoms with Crippen molar-refractivity contribution in [1.82, 2.24) is 35.0 Å². The van der Waals surface area contributed by atoms with Gasteiger partial charge in [0.25, 0.3) is 5.91 Å². The molecular weight excluding hydrogens is 560 g/mol. The van der Waals surface area contributed by atoms with Crippen LogP contribution in [0.4, 0.5) is 5.82 Å². The summed E-state index contributed by atoms with van der Waals surface area (Å²) < 4.78 is 14.5. The van der Waals surface area contributed by atoms with Crippen LogP contribution in [-0.2, 0) is 9.22 Å². The van der Waals surface area contributed by atoms with Crippen molar-refractivity contribution < 1.29 is 14.0 Å².